The maximum atomic E-state index is 4.09. The minimum Gasteiger partial charge on any atom is -0.363 e. The summed E-state index contributed by atoms with van der Waals surface area (Å²) < 4.78 is 0. The highest BCUT2D eigenvalue weighted by molar-refractivity contribution is 5.67. The van der Waals surface area contributed by atoms with Gasteiger partial charge >= 0.3 is 0 Å². The van der Waals surface area contributed by atoms with E-state index in [1.165, 1.54) is 5.69 Å². The second-order valence-electron chi connectivity index (χ2n) is 5.48. The van der Waals surface area contributed by atoms with Crippen LogP contribution in [0.5, 0.6) is 0 Å². The van der Waals surface area contributed by atoms with Gasteiger partial charge in [0.1, 0.15) is 6.33 Å². The molecule has 0 saturated heterocycles. The Kier molecular flexibility index (Phi) is 4.14. The molecule has 0 unspecified atom stereocenters. The molecular formula is C17H19N5. The van der Waals surface area contributed by atoms with E-state index in [9.17, 15) is 0 Å². The minimum atomic E-state index is 0.380. The van der Waals surface area contributed by atoms with Crippen LogP contribution in [0.4, 0.5) is 5.69 Å². The Morgan fingerprint density at radius 1 is 1.05 bits per heavy atom. The Morgan fingerprint density at radius 2 is 1.86 bits per heavy atom. The van der Waals surface area contributed by atoms with E-state index in [1.54, 1.807) is 12.7 Å². The summed E-state index contributed by atoms with van der Waals surface area (Å²) in [6.45, 7) is 5.18. The molecule has 5 heteroatoms. The van der Waals surface area contributed by atoms with Gasteiger partial charge in [0.25, 0.3) is 0 Å². The standard InChI is InChI=1S/C17H19N5/c1-13(2)22(10-16-9-20-12-21-16)17-5-3-4-14(6-17)15-7-18-11-19-8-15/h3-9,11-13H,10H2,1-2H3,(H,20,21). The average Bonchev–Trinajstić information content (AvgIpc) is 3.06. The van der Waals surface area contributed by atoms with E-state index < -0.39 is 0 Å². The summed E-state index contributed by atoms with van der Waals surface area (Å²) in [5.74, 6) is 0. The number of imidazole rings is 1. The fraction of sp³-hybridized carbons (Fsp3) is 0.235. The Hall–Kier alpha value is -2.69. The van der Waals surface area contributed by atoms with Crippen molar-refractivity contribution in [1.82, 2.24) is 19.9 Å². The molecule has 1 aromatic carbocycles. The fourth-order valence-corrected chi connectivity index (χ4v) is 2.44. The summed E-state index contributed by atoms with van der Waals surface area (Å²) in [7, 11) is 0. The topological polar surface area (TPSA) is 57.7 Å². The van der Waals surface area contributed by atoms with Gasteiger partial charge in [0, 0.05) is 35.9 Å². The molecule has 0 radical (unpaired) electrons. The molecule has 0 bridgehead atoms. The number of aromatic nitrogens is 4. The van der Waals surface area contributed by atoms with Gasteiger partial charge in [-0.15, -0.1) is 0 Å². The quantitative estimate of drug-likeness (QED) is 0.784. The van der Waals surface area contributed by atoms with Gasteiger partial charge in [-0.25, -0.2) is 15.0 Å². The molecular weight excluding hydrogens is 274 g/mol. The molecule has 0 aliphatic rings. The summed E-state index contributed by atoms with van der Waals surface area (Å²) in [4.78, 5) is 17.8. The second kappa shape index (κ2) is 6.39. The molecule has 22 heavy (non-hydrogen) atoms. The molecule has 5 nitrogen and oxygen atoms in total. The predicted molar refractivity (Wildman–Crippen MR) is 87.4 cm³/mol. The van der Waals surface area contributed by atoms with Crippen LogP contribution < -0.4 is 4.90 Å². The number of nitrogens with zero attached hydrogens (tertiary/aromatic N) is 4. The van der Waals surface area contributed by atoms with Crippen molar-refractivity contribution < 1.29 is 0 Å². The van der Waals surface area contributed by atoms with E-state index in [0.29, 0.717) is 6.04 Å². The summed E-state index contributed by atoms with van der Waals surface area (Å²) >= 11 is 0. The van der Waals surface area contributed by atoms with E-state index in [-0.39, 0.29) is 0 Å². The molecule has 3 aromatic rings. The van der Waals surface area contributed by atoms with Gasteiger partial charge in [-0.05, 0) is 31.5 Å². The maximum absolute atomic E-state index is 4.09. The van der Waals surface area contributed by atoms with Crippen molar-refractivity contribution >= 4 is 5.69 Å². The molecule has 2 heterocycles. The van der Waals surface area contributed by atoms with Crippen LogP contribution in [0.25, 0.3) is 11.1 Å². The first-order chi connectivity index (χ1) is 10.7. The molecule has 0 spiro atoms. The van der Waals surface area contributed by atoms with Crippen LogP contribution in [0.2, 0.25) is 0 Å². The Balaban J connectivity index is 1.91. The van der Waals surface area contributed by atoms with Gasteiger partial charge in [-0.3, -0.25) is 0 Å². The lowest BCUT2D eigenvalue weighted by atomic mass is 10.1. The van der Waals surface area contributed by atoms with Gasteiger partial charge < -0.3 is 9.88 Å². The highest BCUT2D eigenvalue weighted by Crippen LogP contribution is 2.26. The Bertz CT molecular complexity index is 707. The smallest absolute Gasteiger partial charge is 0.115 e. The highest BCUT2D eigenvalue weighted by Gasteiger charge is 2.13. The van der Waals surface area contributed by atoms with E-state index in [4.69, 9.17) is 0 Å². The lowest BCUT2D eigenvalue weighted by Gasteiger charge is -2.29. The molecule has 0 saturated carbocycles. The number of hydrogen-bond donors (Lipinski definition) is 1. The van der Waals surface area contributed by atoms with E-state index >= 15 is 0 Å². The van der Waals surface area contributed by atoms with Gasteiger partial charge in [-0.2, -0.15) is 0 Å². The molecule has 0 amide bonds. The number of rotatable bonds is 5. The first-order valence-electron chi connectivity index (χ1n) is 7.33. The zero-order valence-electron chi connectivity index (χ0n) is 12.8. The third kappa shape index (κ3) is 3.14. The first-order valence-corrected chi connectivity index (χ1v) is 7.33. The fourth-order valence-electron chi connectivity index (χ4n) is 2.44. The van der Waals surface area contributed by atoms with Crippen molar-refractivity contribution in [3.63, 3.8) is 0 Å². The van der Waals surface area contributed by atoms with Crippen LogP contribution in [-0.4, -0.2) is 26.0 Å². The summed E-state index contributed by atoms with van der Waals surface area (Å²) in [5.41, 5.74) is 4.41. The third-order valence-electron chi connectivity index (χ3n) is 3.59. The van der Waals surface area contributed by atoms with Crippen LogP contribution in [-0.2, 0) is 6.54 Å². The zero-order chi connectivity index (χ0) is 15.4. The predicted octanol–water partition coefficient (Wildman–Crippen LogP) is 3.28. The largest absolute Gasteiger partial charge is 0.363 e. The molecule has 2 aromatic heterocycles. The maximum Gasteiger partial charge on any atom is 0.115 e. The van der Waals surface area contributed by atoms with Gasteiger partial charge in [0.15, 0.2) is 0 Å². The number of benzene rings is 1. The normalized spacial score (nSPS) is 10.9. The number of hydrogen-bond acceptors (Lipinski definition) is 4. The minimum absolute atomic E-state index is 0.380. The van der Waals surface area contributed by atoms with Crippen LogP contribution in [0.1, 0.15) is 19.5 Å². The Labute approximate surface area is 130 Å². The van der Waals surface area contributed by atoms with Crippen molar-refractivity contribution in [1.29, 1.82) is 0 Å². The Morgan fingerprint density at radius 3 is 2.55 bits per heavy atom. The van der Waals surface area contributed by atoms with Crippen LogP contribution in [0.3, 0.4) is 0 Å². The van der Waals surface area contributed by atoms with Crippen LogP contribution in [0.15, 0.2) is 55.5 Å². The third-order valence-corrected chi connectivity index (χ3v) is 3.59. The van der Waals surface area contributed by atoms with Crippen LogP contribution in [0, 0.1) is 0 Å². The monoisotopic (exact) mass is 293 g/mol. The lowest BCUT2D eigenvalue weighted by Crippen LogP contribution is -2.30. The van der Waals surface area contributed by atoms with Crippen molar-refractivity contribution in [3.8, 4) is 11.1 Å². The SMILES string of the molecule is CC(C)N(Cc1cnc[nH]1)c1cccc(-c2cncnc2)c1. The van der Waals surface area contributed by atoms with Crippen molar-refractivity contribution in [2.75, 3.05) is 4.90 Å². The van der Waals surface area contributed by atoms with E-state index in [2.05, 4.69) is 62.9 Å². The molecule has 1 N–H and O–H groups in total. The molecule has 0 aliphatic heterocycles. The second-order valence-corrected chi connectivity index (χ2v) is 5.48. The number of anilines is 1. The zero-order valence-corrected chi connectivity index (χ0v) is 12.8. The summed E-state index contributed by atoms with van der Waals surface area (Å²) in [5, 5.41) is 0. The molecule has 0 atom stereocenters. The number of nitrogens with one attached hydrogen (secondary N) is 1. The molecule has 112 valence electrons. The van der Waals surface area contributed by atoms with E-state index in [1.807, 2.05) is 18.6 Å². The van der Waals surface area contributed by atoms with Crippen molar-refractivity contribution in [3.05, 3.63) is 61.2 Å². The number of H-pyrrole nitrogens is 1. The highest BCUT2D eigenvalue weighted by atomic mass is 15.2. The van der Waals surface area contributed by atoms with Gasteiger partial charge in [0.2, 0.25) is 0 Å². The average molecular weight is 293 g/mol. The molecule has 0 aliphatic carbocycles. The van der Waals surface area contributed by atoms with Gasteiger partial charge in [0.05, 0.1) is 18.6 Å². The van der Waals surface area contributed by atoms with E-state index in [0.717, 1.165) is 23.4 Å². The van der Waals surface area contributed by atoms with Crippen molar-refractivity contribution in [2.24, 2.45) is 0 Å². The van der Waals surface area contributed by atoms with Crippen molar-refractivity contribution in [2.45, 2.75) is 26.4 Å². The lowest BCUT2D eigenvalue weighted by molar-refractivity contribution is 0.675. The van der Waals surface area contributed by atoms with Gasteiger partial charge in [-0.1, -0.05) is 12.1 Å². The summed E-state index contributed by atoms with van der Waals surface area (Å²) in [6, 6.07) is 8.83. The summed E-state index contributed by atoms with van der Waals surface area (Å²) in [6.07, 6.45) is 8.79. The number of aromatic amines is 1. The molecule has 3 rings (SSSR count). The first kappa shape index (κ1) is 14.3. The molecule has 0 fully saturated rings. The van der Waals surface area contributed by atoms with Crippen LogP contribution >= 0.6 is 0 Å².